The molecule has 3 aliphatic rings. The van der Waals surface area contributed by atoms with E-state index in [1.807, 2.05) is 0 Å². The summed E-state index contributed by atoms with van der Waals surface area (Å²) in [5.41, 5.74) is 7.18. The lowest BCUT2D eigenvalue weighted by Crippen LogP contribution is -2.57. The van der Waals surface area contributed by atoms with Gasteiger partial charge in [-0.2, -0.15) is 0 Å². The zero-order valence-corrected chi connectivity index (χ0v) is 17.0. The zero-order valence-electron chi connectivity index (χ0n) is 17.0. The minimum absolute atomic E-state index is 0.122. The smallest absolute Gasteiger partial charge is 0.0407 e. The van der Waals surface area contributed by atoms with Crippen LogP contribution >= 0.6 is 0 Å². The Hall–Kier alpha value is -0.200. The highest BCUT2D eigenvalue weighted by Gasteiger charge is 2.40. The third-order valence-corrected chi connectivity index (χ3v) is 6.51. The minimum Gasteiger partial charge on any atom is -0.323 e. The fraction of sp³-hybridized carbons (Fsp3) is 1.00. The van der Waals surface area contributed by atoms with E-state index in [1.54, 1.807) is 0 Å². The van der Waals surface area contributed by atoms with Gasteiger partial charge in [-0.1, -0.05) is 46.5 Å². The van der Waals surface area contributed by atoms with E-state index in [9.17, 15) is 0 Å². The Kier molecular flexibility index (Phi) is 8.15. The first kappa shape index (κ1) is 21.1. The van der Waals surface area contributed by atoms with E-state index in [0.29, 0.717) is 5.41 Å². The summed E-state index contributed by atoms with van der Waals surface area (Å²) < 4.78 is 0. The Morgan fingerprint density at radius 3 is 1.56 bits per heavy atom. The molecule has 2 bridgehead atoms. The maximum Gasteiger partial charge on any atom is 0.0407 e. The van der Waals surface area contributed by atoms with E-state index >= 15 is 0 Å². The number of hydrogen-bond donors (Lipinski definition) is 5. The zero-order chi connectivity index (χ0) is 18.2. The van der Waals surface area contributed by atoms with Gasteiger partial charge in [-0.05, 0) is 18.3 Å². The second-order valence-electron chi connectivity index (χ2n) is 9.51. The SMILES string of the molecule is CC(C)(C)C12CCCCCCC(N)(CNCCNC1)CNCCNC2. The first-order chi connectivity index (χ1) is 11.9. The van der Waals surface area contributed by atoms with E-state index in [4.69, 9.17) is 5.73 Å². The van der Waals surface area contributed by atoms with Gasteiger partial charge in [0.1, 0.15) is 0 Å². The van der Waals surface area contributed by atoms with Crippen LogP contribution in [0.4, 0.5) is 0 Å². The van der Waals surface area contributed by atoms with Crippen molar-refractivity contribution in [3.8, 4) is 0 Å². The minimum atomic E-state index is -0.122. The maximum absolute atomic E-state index is 6.71. The van der Waals surface area contributed by atoms with Crippen molar-refractivity contribution in [1.82, 2.24) is 21.3 Å². The third kappa shape index (κ3) is 6.47. The topological polar surface area (TPSA) is 74.1 Å². The molecule has 0 spiro atoms. The van der Waals surface area contributed by atoms with Gasteiger partial charge in [0.05, 0.1) is 0 Å². The van der Waals surface area contributed by atoms with Crippen LogP contribution in [0.5, 0.6) is 0 Å². The molecule has 0 unspecified atom stereocenters. The Labute approximate surface area is 155 Å². The van der Waals surface area contributed by atoms with Crippen LogP contribution in [0.25, 0.3) is 0 Å². The first-order valence-electron chi connectivity index (χ1n) is 10.5. The predicted octanol–water partition coefficient (Wildman–Crippen LogP) is 1.44. The number of rotatable bonds is 0. The fourth-order valence-corrected chi connectivity index (χ4v) is 4.36. The fourth-order valence-electron chi connectivity index (χ4n) is 4.36. The number of hydrogen-bond acceptors (Lipinski definition) is 5. The van der Waals surface area contributed by atoms with Crippen molar-refractivity contribution in [2.75, 3.05) is 52.4 Å². The maximum atomic E-state index is 6.71. The van der Waals surface area contributed by atoms with E-state index in [2.05, 4.69) is 42.0 Å². The van der Waals surface area contributed by atoms with Crippen LogP contribution in [0.3, 0.4) is 0 Å². The lowest BCUT2D eigenvalue weighted by Gasteiger charge is -2.46. The Bertz CT molecular complexity index is 333. The van der Waals surface area contributed by atoms with Crippen molar-refractivity contribution in [3.05, 3.63) is 0 Å². The average molecular weight is 354 g/mol. The molecule has 0 aromatic rings. The summed E-state index contributed by atoms with van der Waals surface area (Å²) in [6.07, 6.45) is 7.62. The van der Waals surface area contributed by atoms with Crippen LogP contribution < -0.4 is 27.0 Å². The quantitative estimate of drug-likeness (QED) is 0.456. The van der Waals surface area contributed by atoms with Crippen molar-refractivity contribution in [1.29, 1.82) is 0 Å². The summed E-state index contributed by atoms with van der Waals surface area (Å²) in [6, 6.07) is 0. The van der Waals surface area contributed by atoms with Gasteiger partial charge in [-0.3, -0.25) is 0 Å². The second-order valence-corrected chi connectivity index (χ2v) is 9.51. The molecule has 6 N–H and O–H groups in total. The molecule has 0 aliphatic carbocycles. The second kappa shape index (κ2) is 9.65. The molecule has 0 amide bonds. The molecule has 5 nitrogen and oxygen atoms in total. The Morgan fingerprint density at radius 2 is 1.08 bits per heavy atom. The monoisotopic (exact) mass is 353 g/mol. The third-order valence-electron chi connectivity index (χ3n) is 6.51. The highest BCUT2D eigenvalue weighted by atomic mass is 15.0. The molecule has 3 rings (SSSR count). The van der Waals surface area contributed by atoms with E-state index in [0.717, 1.165) is 58.8 Å². The van der Waals surface area contributed by atoms with Crippen molar-refractivity contribution >= 4 is 0 Å². The molecule has 3 aliphatic heterocycles. The molecule has 25 heavy (non-hydrogen) atoms. The van der Waals surface area contributed by atoms with Gasteiger partial charge in [0.2, 0.25) is 0 Å². The highest BCUT2D eigenvalue weighted by molar-refractivity contribution is 4.95. The number of nitrogens with two attached hydrogens (primary N) is 1. The molecular formula is C20H43N5. The molecule has 0 saturated carbocycles. The highest BCUT2D eigenvalue weighted by Crippen LogP contribution is 2.42. The van der Waals surface area contributed by atoms with Crippen LogP contribution in [0.15, 0.2) is 0 Å². The van der Waals surface area contributed by atoms with E-state index in [1.165, 1.54) is 32.1 Å². The molecule has 3 heterocycles. The van der Waals surface area contributed by atoms with Gasteiger partial charge in [0.15, 0.2) is 0 Å². The standard InChI is InChI=1S/C20H43N5/c1-18(2,3)19-8-6-4-5-7-9-20(21,16-24-12-10-22-14-19)17-25-13-11-23-15-19/h22-25H,4-17,21H2,1-3H3. The van der Waals surface area contributed by atoms with Crippen molar-refractivity contribution in [3.63, 3.8) is 0 Å². The average Bonchev–Trinajstić information content (AvgIpc) is 2.54. The van der Waals surface area contributed by atoms with Crippen LogP contribution in [-0.4, -0.2) is 57.9 Å². The normalized spacial score (nSPS) is 35.0. The molecule has 0 aromatic heterocycles. The van der Waals surface area contributed by atoms with E-state index in [-0.39, 0.29) is 11.0 Å². The van der Waals surface area contributed by atoms with Crippen LogP contribution in [0, 0.1) is 10.8 Å². The lowest BCUT2D eigenvalue weighted by atomic mass is 9.63. The summed E-state index contributed by atoms with van der Waals surface area (Å²) in [6.45, 7) is 15.3. The predicted molar refractivity (Wildman–Crippen MR) is 108 cm³/mol. The molecule has 3 saturated heterocycles. The molecule has 3 fully saturated rings. The Balaban J connectivity index is 2.17. The molecule has 0 aromatic carbocycles. The summed E-state index contributed by atoms with van der Waals surface area (Å²) in [5, 5.41) is 14.7. The largest absolute Gasteiger partial charge is 0.323 e. The molecular weight excluding hydrogens is 310 g/mol. The summed E-state index contributed by atoms with van der Waals surface area (Å²) in [5.74, 6) is 0. The lowest BCUT2D eigenvalue weighted by molar-refractivity contribution is 0.0681. The van der Waals surface area contributed by atoms with Gasteiger partial charge in [-0.15, -0.1) is 0 Å². The summed E-state index contributed by atoms with van der Waals surface area (Å²) >= 11 is 0. The van der Waals surface area contributed by atoms with Crippen LogP contribution in [0.1, 0.15) is 59.3 Å². The molecule has 148 valence electrons. The van der Waals surface area contributed by atoms with Crippen molar-refractivity contribution in [2.45, 2.75) is 64.8 Å². The number of fused-ring (bicyclic) bond motifs is 15. The summed E-state index contributed by atoms with van der Waals surface area (Å²) in [7, 11) is 0. The van der Waals surface area contributed by atoms with Gasteiger partial charge in [0, 0.05) is 63.3 Å². The first-order valence-corrected chi connectivity index (χ1v) is 10.5. The van der Waals surface area contributed by atoms with Gasteiger partial charge in [-0.25, -0.2) is 0 Å². The molecule has 0 atom stereocenters. The summed E-state index contributed by atoms with van der Waals surface area (Å²) in [4.78, 5) is 0. The van der Waals surface area contributed by atoms with Gasteiger partial charge in [0.25, 0.3) is 0 Å². The number of nitrogens with one attached hydrogen (secondary N) is 4. The van der Waals surface area contributed by atoms with Gasteiger partial charge < -0.3 is 27.0 Å². The molecule has 0 radical (unpaired) electrons. The van der Waals surface area contributed by atoms with E-state index < -0.39 is 0 Å². The van der Waals surface area contributed by atoms with Crippen molar-refractivity contribution in [2.24, 2.45) is 16.6 Å². The molecule has 5 heteroatoms. The Morgan fingerprint density at radius 1 is 0.640 bits per heavy atom. The van der Waals surface area contributed by atoms with Crippen LogP contribution in [0.2, 0.25) is 0 Å². The van der Waals surface area contributed by atoms with Gasteiger partial charge >= 0.3 is 0 Å². The van der Waals surface area contributed by atoms with Crippen molar-refractivity contribution < 1.29 is 0 Å². The van der Waals surface area contributed by atoms with Crippen LogP contribution in [-0.2, 0) is 0 Å².